The summed E-state index contributed by atoms with van der Waals surface area (Å²) < 4.78 is 12.8. The first-order valence-corrected chi connectivity index (χ1v) is 3.41. The van der Waals surface area contributed by atoms with Gasteiger partial charge in [-0.3, -0.25) is 10.1 Å². The van der Waals surface area contributed by atoms with E-state index < -0.39 is 10.7 Å². The molecular weight excluding hydrogens is 175 g/mol. The zero-order chi connectivity index (χ0) is 10.0. The van der Waals surface area contributed by atoms with Gasteiger partial charge in [-0.1, -0.05) is 0 Å². The molecule has 0 heterocycles. The number of nitro groups is 1. The van der Waals surface area contributed by atoms with E-state index in [0.29, 0.717) is 0 Å². The molecule has 0 N–H and O–H groups in total. The van der Waals surface area contributed by atoms with Gasteiger partial charge >= 0.3 is 0 Å². The van der Waals surface area contributed by atoms with E-state index >= 15 is 0 Å². The standard InChI is InChI=1S/C8H5FN2O2/c1-5-6(4-10)8(11(12)13)3-2-7(5)9/h2-3H,1H3. The minimum absolute atomic E-state index is 0.0108. The molecule has 0 saturated heterocycles. The highest BCUT2D eigenvalue weighted by Crippen LogP contribution is 2.22. The zero-order valence-corrected chi connectivity index (χ0v) is 6.74. The number of hydrogen-bond acceptors (Lipinski definition) is 3. The van der Waals surface area contributed by atoms with Crippen molar-refractivity contribution in [1.82, 2.24) is 0 Å². The molecule has 66 valence electrons. The molecule has 0 aliphatic carbocycles. The molecule has 0 atom stereocenters. The lowest BCUT2D eigenvalue weighted by Crippen LogP contribution is -1.96. The molecule has 0 saturated carbocycles. The van der Waals surface area contributed by atoms with E-state index in [1.54, 1.807) is 6.07 Å². The highest BCUT2D eigenvalue weighted by Gasteiger charge is 2.17. The molecule has 0 aromatic heterocycles. The summed E-state index contributed by atoms with van der Waals surface area (Å²) in [5.41, 5.74) is -0.567. The van der Waals surface area contributed by atoms with Crippen LogP contribution in [0.15, 0.2) is 12.1 Å². The predicted octanol–water partition coefficient (Wildman–Crippen LogP) is 1.91. The summed E-state index contributed by atoms with van der Waals surface area (Å²) in [5.74, 6) is -0.609. The molecule has 5 heteroatoms. The Morgan fingerprint density at radius 3 is 2.69 bits per heavy atom. The Hall–Kier alpha value is -1.96. The second kappa shape index (κ2) is 3.19. The van der Waals surface area contributed by atoms with Crippen molar-refractivity contribution in [3.63, 3.8) is 0 Å². The topological polar surface area (TPSA) is 66.9 Å². The van der Waals surface area contributed by atoms with Crippen LogP contribution >= 0.6 is 0 Å². The van der Waals surface area contributed by atoms with Crippen LogP contribution in [0.2, 0.25) is 0 Å². The number of hydrogen-bond donors (Lipinski definition) is 0. The summed E-state index contributed by atoms with van der Waals surface area (Å²) in [4.78, 5) is 9.67. The summed E-state index contributed by atoms with van der Waals surface area (Å²) in [6.07, 6.45) is 0. The largest absolute Gasteiger partial charge is 0.287 e. The summed E-state index contributed by atoms with van der Waals surface area (Å²) in [6, 6.07) is 3.57. The first kappa shape index (κ1) is 9.13. The Balaban J connectivity index is 3.50. The van der Waals surface area contributed by atoms with Crippen LogP contribution < -0.4 is 0 Å². The summed E-state index contributed by atoms with van der Waals surface area (Å²) in [6.45, 7) is 1.33. The molecule has 1 rings (SSSR count). The Labute approximate surface area is 73.4 Å². The average molecular weight is 180 g/mol. The number of nitrogens with zero attached hydrogens (tertiary/aromatic N) is 2. The van der Waals surface area contributed by atoms with E-state index in [1.807, 2.05) is 0 Å². The lowest BCUT2D eigenvalue weighted by Gasteiger charge is -1.99. The second-order valence-electron chi connectivity index (χ2n) is 2.44. The molecule has 0 aliphatic rings. The van der Waals surface area contributed by atoms with Crippen LogP contribution in [0.1, 0.15) is 11.1 Å². The van der Waals surface area contributed by atoms with Crippen LogP contribution in [-0.4, -0.2) is 4.92 Å². The van der Waals surface area contributed by atoms with Crippen LogP contribution in [0.3, 0.4) is 0 Å². The molecule has 0 aliphatic heterocycles. The van der Waals surface area contributed by atoms with E-state index in [0.717, 1.165) is 12.1 Å². The van der Waals surface area contributed by atoms with Gasteiger partial charge in [-0.25, -0.2) is 4.39 Å². The highest BCUT2D eigenvalue weighted by atomic mass is 19.1. The summed E-state index contributed by atoms with van der Waals surface area (Å²) in [7, 11) is 0. The normalized spacial score (nSPS) is 9.31. The van der Waals surface area contributed by atoms with Crippen LogP contribution in [0.4, 0.5) is 10.1 Å². The molecule has 13 heavy (non-hydrogen) atoms. The number of nitriles is 1. The smallest absolute Gasteiger partial charge is 0.258 e. The minimum atomic E-state index is -0.703. The number of nitro benzene ring substituents is 1. The van der Waals surface area contributed by atoms with Crippen molar-refractivity contribution >= 4 is 5.69 Å². The van der Waals surface area contributed by atoms with Crippen LogP contribution in [0.5, 0.6) is 0 Å². The molecule has 0 unspecified atom stereocenters. The number of rotatable bonds is 1. The van der Waals surface area contributed by atoms with E-state index in [1.165, 1.54) is 6.92 Å². The van der Waals surface area contributed by atoms with Crippen molar-refractivity contribution in [2.75, 3.05) is 0 Å². The maximum absolute atomic E-state index is 12.8. The highest BCUT2D eigenvalue weighted by molar-refractivity contribution is 5.53. The van der Waals surface area contributed by atoms with Gasteiger partial charge in [0, 0.05) is 11.6 Å². The zero-order valence-electron chi connectivity index (χ0n) is 6.74. The van der Waals surface area contributed by atoms with E-state index in [4.69, 9.17) is 5.26 Å². The average Bonchev–Trinajstić information content (AvgIpc) is 2.09. The van der Waals surface area contributed by atoms with Crippen molar-refractivity contribution in [2.24, 2.45) is 0 Å². The van der Waals surface area contributed by atoms with Gasteiger partial charge in [-0.15, -0.1) is 0 Å². The third kappa shape index (κ3) is 1.47. The predicted molar refractivity (Wildman–Crippen MR) is 42.5 cm³/mol. The molecule has 0 amide bonds. The van der Waals surface area contributed by atoms with Gasteiger partial charge in [-0.2, -0.15) is 5.26 Å². The minimum Gasteiger partial charge on any atom is -0.258 e. The molecule has 1 aromatic carbocycles. The first-order chi connectivity index (χ1) is 6.07. The van der Waals surface area contributed by atoms with Crippen molar-refractivity contribution in [1.29, 1.82) is 5.26 Å². The summed E-state index contributed by atoms with van der Waals surface area (Å²) in [5, 5.41) is 18.9. The van der Waals surface area contributed by atoms with Crippen molar-refractivity contribution < 1.29 is 9.31 Å². The van der Waals surface area contributed by atoms with E-state index in [-0.39, 0.29) is 16.8 Å². The van der Waals surface area contributed by atoms with Crippen LogP contribution in [0.25, 0.3) is 0 Å². The SMILES string of the molecule is Cc1c(F)ccc([N+](=O)[O-])c1C#N. The molecule has 0 bridgehead atoms. The van der Waals surface area contributed by atoms with E-state index in [2.05, 4.69) is 0 Å². The lowest BCUT2D eigenvalue weighted by molar-refractivity contribution is -0.385. The van der Waals surface area contributed by atoms with Crippen molar-refractivity contribution in [3.8, 4) is 6.07 Å². The van der Waals surface area contributed by atoms with Gasteiger partial charge < -0.3 is 0 Å². The fourth-order valence-electron chi connectivity index (χ4n) is 0.965. The van der Waals surface area contributed by atoms with Gasteiger partial charge in [0.25, 0.3) is 5.69 Å². The lowest BCUT2D eigenvalue weighted by atomic mass is 10.1. The second-order valence-corrected chi connectivity index (χ2v) is 2.44. The summed E-state index contributed by atoms with van der Waals surface area (Å²) >= 11 is 0. The van der Waals surface area contributed by atoms with Crippen LogP contribution in [0, 0.1) is 34.2 Å². The van der Waals surface area contributed by atoms with Gasteiger partial charge in [-0.05, 0) is 13.0 Å². The molecule has 0 fully saturated rings. The van der Waals surface area contributed by atoms with Crippen molar-refractivity contribution in [2.45, 2.75) is 6.92 Å². The molecular formula is C8H5FN2O2. The molecule has 1 aromatic rings. The Bertz CT molecular complexity index is 409. The van der Waals surface area contributed by atoms with E-state index in [9.17, 15) is 14.5 Å². The monoisotopic (exact) mass is 180 g/mol. The van der Waals surface area contributed by atoms with Gasteiger partial charge in [0.1, 0.15) is 17.4 Å². The molecule has 4 nitrogen and oxygen atoms in total. The quantitative estimate of drug-likeness (QED) is 0.489. The fraction of sp³-hybridized carbons (Fsp3) is 0.125. The van der Waals surface area contributed by atoms with Gasteiger partial charge in [0.15, 0.2) is 0 Å². The van der Waals surface area contributed by atoms with Gasteiger partial charge in [0.05, 0.1) is 4.92 Å². The number of benzene rings is 1. The Morgan fingerprint density at radius 1 is 1.62 bits per heavy atom. The number of halogens is 1. The fourth-order valence-corrected chi connectivity index (χ4v) is 0.965. The Morgan fingerprint density at radius 2 is 2.23 bits per heavy atom. The molecule has 0 spiro atoms. The third-order valence-corrected chi connectivity index (χ3v) is 1.69. The third-order valence-electron chi connectivity index (χ3n) is 1.69. The van der Waals surface area contributed by atoms with Crippen molar-refractivity contribution in [3.05, 3.63) is 39.2 Å². The maximum Gasteiger partial charge on any atom is 0.287 e. The maximum atomic E-state index is 12.8. The molecule has 0 radical (unpaired) electrons. The van der Waals surface area contributed by atoms with Gasteiger partial charge in [0.2, 0.25) is 0 Å². The van der Waals surface area contributed by atoms with Crippen LogP contribution in [-0.2, 0) is 0 Å². The Kier molecular flexibility index (Phi) is 2.24. The first-order valence-electron chi connectivity index (χ1n) is 3.41.